The minimum absolute atomic E-state index is 0.129. The third-order valence-electron chi connectivity index (χ3n) is 4.75. The van der Waals surface area contributed by atoms with Crippen molar-refractivity contribution >= 4 is 11.6 Å². The molecule has 0 spiro atoms. The summed E-state index contributed by atoms with van der Waals surface area (Å²) in [4.78, 5) is 14.2. The molecule has 1 aromatic rings. The van der Waals surface area contributed by atoms with E-state index in [0.29, 0.717) is 6.42 Å². The molecule has 0 bridgehead atoms. The molecule has 0 aromatic heterocycles. The summed E-state index contributed by atoms with van der Waals surface area (Å²) in [5.41, 5.74) is 0.924. The number of benzene rings is 1. The molecule has 2 aliphatic heterocycles. The second-order valence-corrected chi connectivity index (χ2v) is 6.48. The summed E-state index contributed by atoms with van der Waals surface area (Å²) in [5.74, 6) is -0.0724. The summed E-state index contributed by atoms with van der Waals surface area (Å²) in [5, 5.41) is 3.13. The number of nitrogens with zero attached hydrogens (tertiary/aromatic N) is 1. The van der Waals surface area contributed by atoms with Gasteiger partial charge in [0.15, 0.2) is 0 Å². The van der Waals surface area contributed by atoms with Gasteiger partial charge in [0.05, 0.1) is 6.10 Å². The summed E-state index contributed by atoms with van der Waals surface area (Å²) >= 11 is 0. The number of hydrogen-bond donors (Lipinski definition) is 1. The first kappa shape index (κ1) is 16.2. The van der Waals surface area contributed by atoms with Crippen LogP contribution in [0.5, 0.6) is 0 Å². The Balaban J connectivity index is 1.39. The quantitative estimate of drug-likeness (QED) is 0.907. The number of rotatable bonds is 5. The van der Waals surface area contributed by atoms with E-state index in [9.17, 15) is 9.18 Å². The van der Waals surface area contributed by atoms with E-state index in [0.717, 1.165) is 57.5 Å². The Labute approximate surface area is 137 Å². The van der Waals surface area contributed by atoms with Crippen LogP contribution in [0.3, 0.4) is 0 Å². The molecule has 1 N–H and O–H groups in total. The number of halogens is 1. The minimum atomic E-state index is -0.202. The maximum atomic E-state index is 13.3. The number of amides is 1. The third kappa shape index (κ3) is 4.67. The number of hydrogen-bond acceptors (Lipinski definition) is 3. The van der Waals surface area contributed by atoms with E-state index in [1.165, 1.54) is 6.07 Å². The van der Waals surface area contributed by atoms with Crippen LogP contribution in [0.4, 0.5) is 10.1 Å². The summed E-state index contributed by atoms with van der Waals surface area (Å²) < 4.78 is 18.8. The van der Waals surface area contributed by atoms with Crippen molar-refractivity contribution < 1.29 is 13.9 Å². The van der Waals surface area contributed by atoms with Gasteiger partial charge in [0.1, 0.15) is 5.82 Å². The Morgan fingerprint density at radius 2 is 2.13 bits per heavy atom. The first-order valence-electron chi connectivity index (χ1n) is 8.62. The minimum Gasteiger partial charge on any atom is -0.378 e. The maximum absolute atomic E-state index is 13.3. The fourth-order valence-corrected chi connectivity index (χ4v) is 3.42. The largest absolute Gasteiger partial charge is 0.378 e. The molecule has 5 heteroatoms. The van der Waals surface area contributed by atoms with E-state index >= 15 is 0 Å². The Morgan fingerprint density at radius 3 is 2.83 bits per heavy atom. The van der Waals surface area contributed by atoms with Crippen molar-refractivity contribution in [3.05, 3.63) is 30.1 Å². The number of carbonyl (C=O) groups is 1. The van der Waals surface area contributed by atoms with Gasteiger partial charge in [-0.2, -0.15) is 0 Å². The highest BCUT2D eigenvalue weighted by Crippen LogP contribution is 2.21. The first-order valence-corrected chi connectivity index (χ1v) is 8.62. The van der Waals surface area contributed by atoms with Crippen molar-refractivity contribution in [2.75, 3.05) is 24.6 Å². The molecule has 4 nitrogen and oxygen atoms in total. The first-order chi connectivity index (χ1) is 11.2. The van der Waals surface area contributed by atoms with Gasteiger partial charge in [-0.1, -0.05) is 6.07 Å². The average molecular weight is 320 g/mol. The standard InChI is InChI=1S/C18H25FN2O2/c19-14-3-1-4-16(13-14)21-10-8-15(9-11-21)20-18(22)7-6-17-5-2-12-23-17/h1,3-4,13,15,17H,2,5-12H2,(H,20,22)/t17-/m0/s1. The van der Waals surface area contributed by atoms with E-state index in [1.54, 1.807) is 12.1 Å². The number of carbonyl (C=O) groups excluding carboxylic acids is 1. The average Bonchev–Trinajstić information content (AvgIpc) is 3.07. The molecule has 0 saturated carbocycles. The van der Waals surface area contributed by atoms with Gasteiger partial charge >= 0.3 is 0 Å². The molecular formula is C18H25FN2O2. The van der Waals surface area contributed by atoms with E-state index in [4.69, 9.17) is 4.74 Å². The summed E-state index contributed by atoms with van der Waals surface area (Å²) in [7, 11) is 0. The zero-order valence-corrected chi connectivity index (χ0v) is 13.5. The highest BCUT2D eigenvalue weighted by molar-refractivity contribution is 5.76. The van der Waals surface area contributed by atoms with Gasteiger partial charge in [0.25, 0.3) is 0 Å². The lowest BCUT2D eigenvalue weighted by atomic mass is 10.0. The molecule has 2 fully saturated rings. The number of nitrogens with one attached hydrogen (secondary N) is 1. The highest BCUT2D eigenvalue weighted by atomic mass is 19.1. The number of piperidine rings is 1. The molecule has 126 valence electrons. The molecule has 2 saturated heterocycles. The van der Waals surface area contributed by atoms with Crippen LogP contribution < -0.4 is 10.2 Å². The Bertz CT molecular complexity index is 524. The lowest BCUT2D eigenvalue weighted by Crippen LogP contribution is -2.44. The number of ether oxygens (including phenoxy) is 1. The normalized spacial score (nSPS) is 22.3. The summed E-state index contributed by atoms with van der Waals surface area (Å²) in [6.45, 7) is 2.53. The molecule has 23 heavy (non-hydrogen) atoms. The van der Waals surface area contributed by atoms with Crippen LogP contribution in [-0.4, -0.2) is 37.7 Å². The molecule has 1 aromatic carbocycles. The third-order valence-corrected chi connectivity index (χ3v) is 4.75. The zero-order valence-electron chi connectivity index (χ0n) is 13.5. The van der Waals surface area contributed by atoms with E-state index in [2.05, 4.69) is 10.2 Å². The van der Waals surface area contributed by atoms with E-state index in [-0.39, 0.29) is 23.9 Å². The second kappa shape index (κ2) is 7.77. The van der Waals surface area contributed by atoms with Gasteiger partial charge in [0, 0.05) is 37.8 Å². The second-order valence-electron chi connectivity index (χ2n) is 6.48. The zero-order chi connectivity index (χ0) is 16.1. The smallest absolute Gasteiger partial charge is 0.220 e. The molecule has 1 atom stereocenters. The van der Waals surface area contributed by atoms with E-state index in [1.807, 2.05) is 6.07 Å². The van der Waals surface area contributed by atoms with Crippen LogP contribution in [-0.2, 0) is 9.53 Å². The molecule has 0 radical (unpaired) electrons. The van der Waals surface area contributed by atoms with Crippen molar-refractivity contribution in [3.63, 3.8) is 0 Å². The van der Waals surface area contributed by atoms with Crippen LogP contribution >= 0.6 is 0 Å². The van der Waals surface area contributed by atoms with Crippen molar-refractivity contribution in [1.29, 1.82) is 0 Å². The molecule has 2 heterocycles. The van der Waals surface area contributed by atoms with Gasteiger partial charge < -0.3 is 15.0 Å². The van der Waals surface area contributed by atoms with Crippen LogP contribution in [0.1, 0.15) is 38.5 Å². The molecule has 3 rings (SSSR count). The number of anilines is 1. The van der Waals surface area contributed by atoms with Crippen LogP contribution in [0.25, 0.3) is 0 Å². The summed E-state index contributed by atoms with van der Waals surface area (Å²) in [6.07, 6.45) is 5.66. The van der Waals surface area contributed by atoms with Crippen molar-refractivity contribution in [2.45, 2.75) is 50.7 Å². The van der Waals surface area contributed by atoms with Crippen molar-refractivity contribution in [2.24, 2.45) is 0 Å². The fraction of sp³-hybridized carbons (Fsp3) is 0.611. The van der Waals surface area contributed by atoms with Crippen molar-refractivity contribution in [3.8, 4) is 0 Å². The van der Waals surface area contributed by atoms with Gasteiger partial charge in [-0.15, -0.1) is 0 Å². The monoisotopic (exact) mass is 320 g/mol. The fourth-order valence-electron chi connectivity index (χ4n) is 3.42. The molecule has 2 aliphatic rings. The van der Waals surface area contributed by atoms with Crippen LogP contribution in [0.2, 0.25) is 0 Å². The Kier molecular flexibility index (Phi) is 5.49. The predicted octanol–water partition coefficient (Wildman–Crippen LogP) is 2.87. The van der Waals surface area contributed by atoms with Gasteiger partial charge in [-0.3, -0.25) is 4.79 Å². The molecule has 1 amide bonds. The lowest BCUT2D eigenvalue weighted by molar-refractivity contribution is -0.122. The molecule has 0 aliphatic carbocycles. The van der Waals surface area contributed by atoms with Crippen LogP contribution in [0.15, 0.2) is 24.3 Å². The van der Waals surface area contributed by atoms with Crippen molar-refractivity contribution in [1.82, 2.24) is 5.32 Å². The highest BCUT2D eigenvalue weighted by Gasteiger charge is 2.22. The molecular weight excluding hydrogens is 295 g/mol. The van der Waals surface area contributed by atoms with Gasteiger partial charge in [0.2, 0.25) is 5.91 Å². The van der Waals surface area contributed by atoms with E-state index < -0.39 is 0 Å². The Hall–Kier alpha value is -1.62. The van der Waals surface area contributed by atoms with Crippen LogP contribution in [0, 0.1) is 5.82 Å². The van der Waals surface area contributed by atoms with Gasteiger partial charge in [-0.05, 0) is 50.3 Å². The molecule has 0 unspecified atom stereocenters. The van der Waals surface area contributed by atoms with Gasteiger partial charge in [-0.25, -0.2) is 4.39 Å². The summed E-state index contributed by atoms with van der Waals surface area (Å²) in [6, 6.07) is 6.94. The SMILES string of the molecule is O=C(CC[C@@H]1CCCO1)NC1CCN(c2cccc(F)c2)CC1. The lowest BCUT2D eigenvalue weighted by Gasteiger charge is -2.34. The predicted molar refractivity (Wildman–Crippen MR) is 88.0 cm³/mol. The topological polar surface area (TPSA) is 41.6 Å². The maximum Gasteiger partial charge on any atom is 0.220 e. The Morgan fingerprint density at radius 1 is 1.30 bits per heavy atom.